The van der Waals surface area contributed by atoms with Crippen molar-refractivity contribution in [1.82, 2.24) is 0 Å². The molecule has 3 nitrogen and oxygen atoms in total. The van der Waals surface area contributed by atoms with Gasteiger partial charge >= 0.3 is 0 Å². The van der Waals surface area contributed by atoms with Crippen molar-refractivity contribution in [2.75, 3.05) is 18.2 Å². The maximum absolute atomic E-state index is 5.79. The van der Waals surface area contributed by atoms with Crippen molar-refractivity contribution in [2.45, 2.75) is 38.3 Å². The first kappa shape index (κ1) is 11.3. The summed E-state index contributed by atoms with van der Waals surface area (Å²) < 4.78 is 5.37. The number of benzene rings is 1. The van der Waals surface area contributed by atoms with E-state index in [1.54, 1.807) is 7.11 Å². The monoisotopic (exact) mass is 220 g/mol. The summed E-state index contributed by atoms with van der Waals surface area (Å²) in [5, 5.41) is 3.55. The van der Waals surface area contributed by atoms with E-state index in [2.05, 4.69) is 18.3 Å². The molecule has 0 heterocycles. The average molecular weight is 220 g/mol. The number of hydrogen-bond donors (Lipinski definition) is 2. The van der Waals surface area contributed by atoms with Crippen LogP contribution in [-0.2, 0) is 4.74 Å². The molecule has 0 saturated heterocycles. The van der Waals surface area contributed by atoms with Gasteiger partial charge in [0.2, 0.25) is 0 Å². The van der Waals surface area contributed by atoms with E-state index in [1.165, 1.54) is 12.0 Å². The van der Waals surface area contributed by atoms with Gasteiger partial charge in [-0.2, -0.15) is 0 Å². The van der Waals surface area contributed by atoms with Crippen molar-refractivity contribution in [1.29, 1.82) is 0 Å². The zero-order valence-corrected chi connectivity index (χ0v) is 9.99. The molecule has 2 atom stereocenters. The fourth-order valence-electron chi connectivity index (χ4n) is 2.30. The van der Waals surface area contributed by atoms with E-state index in [-0.39, 0.29) is 0 Å². The highest BCUT2D eigenvalue weighted by molar-refractivity contribution is 5.59. The molecule has 0 radical (unpaired) electrons. The van der Waals surface area contributed by atoms with Crippen molar-refractivity contribution < 1.29 is 4.74 Å². The van der Waals surface area contributed by atoms with Crippen LogP contribution in [0.2, 0.25) is 0 Å². The summed E-state index contributed by atoms with van der Waals surface area (Å²) in [7, 11) is 1.79. The van der Waals surface area contributed by atoms with E-state index in [1.807, 2.05) is 12.1 Å². The van der Waals surface area contributed by atoms with E-state index >= 15 is 0 Å². The first-order chi connectivity index (χ1) is 7.69. The van der Waals surface area contributed by atoms with Gasteiger partial charge in [0, 0.05) is 24.5 Å². The van der Waals surface area contributed by atoms with Crippen LogP contribution in [0.15, 0.2) is 18.2 Å². The SMILES string of the molecule is COC1CCC(Nc2cc(N)ccc2C)C1. The van der Waals surface area contributed by atoms with Gasteiger partial charge in [-0.1, -0.05) is 6.07 Å². The van der Waals surface area contributed by atoms with E-state index in [0.29, 0.717) is 12.1 Å². The predicted molar refractivity (Wildman–Crippen MR) is 67.7 cm³/mol. The molecular formula is C13H20N2O. The first-order valence-electron chi connectivity index (χ1n) is 5.84. The minimum atomic E-state index is 0.416. The highest BCUT2D eigenvalue weighted by Gasteiger charge is 2.24. The minimum absolute atomic E-state index is 0.416. The van der Waals surface area contributed by atoms with Crippen LogP contribution in [-0.4, -0.2) is 19.3 Å². The zero-order valence-electron chi connectivity index (χ0n) is 9.99. The molecule has 1 aliphatic rings. The van der Waals surface area contributed by atoms with Gasteiger partial charge in [-0.25, -0.2) is 0 Å². The Hall–Kier alpha value is -1.22. The van der Waals surface area contributed by atoms with Crippen LogP contribution in [0.3, 0.4) is 0 Å². The second kappa shape index (κ2) is 4.74. The number of aryl methyl sites for hydroxylation is 1. The van der Waals surface area contributed by atoms with Crippen molar-refractivity contribution in [3.05, 3.63) is 23.8 Å². The highest BCUT2D eigenvalue weighted by atomic mass is 16.5. The van der Waals surface area contributed by atoms with Crippen molar-refractivity contribution in [3.8, 4) is 0 Å². The molecule has 1 aliphatic carbocycles. The lowest BCUT2D eigenvalue weighted by atomic mass is 10.1. The molecule has 0 bridgehead atoms. The molecule has 0 aliphatic heterocycles. The third-order valence-electron chi connectivity index (χ3n) is 3.34. The summed E-state index contributed by atoms with van der Waals surface area (Å²) in [5.41, 5.74) is 9.00. The van der Waals surface area contributed by atoms with Gasteiger partial charge in [0.15, 0.2) is 0 Å². The van der Waals surface area contributed by atoms with Gasteiger partial charge in [0.25, 0.3) is 0 Å². The molecule has 1 aromatic carbocycles. The Labute approximate surface area is 97.0 Å². The van der Waals surface area contributed by atoms with Gasteiger partial charge in [0.05, 0.1) is 6.10 Å². The van der Waals surface area contributed by atoms with Crippen molar-refractivity contribution in [2.24, 2.45) is 0 Å². The number of nitrogen functional groups attached to an aromatic ring is 1. The number of hydrogen-bond acceptors (Lipinski definition) is 3. The Morgan fingerprint density at radius 2 is 2.19 bits per heavy atom. The molecule has 1 aromatic rings. The molecule has 0 amide bonds. The number of rotatable bonds is 3. The Balaban J connectivity index is 2.01. The third-order valence-corrected chi connectivity index (χ3v) is 3.34. The van der Waals surface area contributed by atoms with Crippen LogP contribution >= 0.6 is 0 Å². The summed E-state index contributed by atoms with van der Waals surface area (Å²) in [6.07, 6.45) is 3.83. The lowest BCUT2D eigenvalue weighted by molar-refractivity contribution is 0.108. The van der Waals surface area contributed by atoms with E-state index < -0.39 is 0 Å². The van der Waals surface area contributed by atoms with Gasteiger partial charge < -0.3 is 15.8 Å². The van der Waals surface area contributed by atoms with E-state index in [0.717, 1.165) is 24.2 Å². The standard InChI is InChI=1S/C13H20N2O/c1-9-3-4-10(14)7-13(9)15-11-5-6-12(8-11)16-2/h3-4,7,11-12,15H,5-6,8,14H2,1-2H3. The lowest BCUT2D eigenvalue weighted by Crippen LogP contribution is -2.17. The van der Waals surface area contributed by atoms with Crippen LogP contribution in [0.4, 0.5) is 11.4 Å². The number of anilines is 2. The lowest BCUT2D eigenvalue weighted by Gasteiger charge is -2.16. The Morgan fingerprint density at radius 3 is 2.88 bits per heavy atom. The summed E-state index contributed by atoms with van der Waals surface area (Å²) >= 11 is 0. The summed E-state index contributed by atoms with van der Waals surface area (Å²) in [6.45, 7) is 2.10. The molecular weight excluding hydrogens is 200 g/mol. The molecule has 1 fully saturated rings. The molecule has 3 N–H and O–H groups in total. The van der Waals surface area contributed by atoms with Gasteiger partial charge in [-0.05, 0) is 43.9 Å². The second-order valence-electron chi connectivity index (χ2n) is 4.59. The molecule has 16 heavy (non-hydrogen) atoms. The maximum atomic E-state index is 5.79. The number of nitrogens with one attached hydrogen (secondary N) is 1. The van der Waals surface area contributed by atoms with E-state index in [9.17, 15) is 0 Å². The van der Waals surface area contributed by atoms with Crippen LogP contribution in [0.1, 0.15) is 24.8 Å². The van der Waals surface area contributed by atoms with Crippen LogP contribution in [0, 0.1) is 6.92 Å². The third kappa shape index (κ3) is 2.47. The van der Waals surface area contributed by atoms with Gasteiger partial charge in [-0.3, -0.25) is 0 Å². The first-order valence-corrected chi connectivity index (χ1v) is 5.84. The fourth-order valence-corrected chi connectivity index (χ4v) is 2.30. The Morgan fingerprint density at radius 1 is 1.38 bits per heavy atom. The highest BCUT2D eigenvalue weighted by Crippen LogP contribution is 2.27. The quantitative estimate of drug-likeness (QED) is 0.770. The topological polar surface area (TPSA) is 47.3 Å². The Bertz CT molecular complexity index is 365. The average Bonchev–Trinajstić information content (AvgIpc) is 2.71. The Kier molecular flexibility index (Phi) is 3.34. The largest absolute Gasteiger partial charge is 0.399 e. The van der Waals surface area contributed by atoms with Gasteiger partial charge in [0.1, 0.15) is 0 Å². The van der Waals surface area contributed by atoms with E-state index in [4.69, 9.17) is 10.5 Å². The molecule has 0 spiro atoms. The summed E-state index contributed by atoms with van der Waals surface area (Å²) in [5.74, 6) is 0. The van der Waals surface area contributed by atoms with Crippen molar-refractivity contribution in [3.63, 3.8) is 0 Å². The van der Waals surface area contributed by atoms with Crippen molar-refractivity contribution >= 4 is 11.4 Å². The molecule has 88 valence electrons. The zero-order chi connectivity index (χ0) is 11.5. The van der Waals surface area contributed by atoms with Crippen LogP contribution < -0.4 is 11.1 Å². The summed E-state index contributed by atoms with van der Waals surface area (Å²) in [4.78, 5) is 0. The molecule has 2 rings (SSSR count). The molecule has 3 heteroatoms. The fraction of sp³-hybridized carbons (Fsp3) is 0.538. The summed E-state index contributed by atoms with van der Waals surface area (Å²) in [6, 6.07) is 6.52. The van der Waals surface area contributed by atoms with Gasteiger partial charge in [-0.15, -0.1) is 0 Å². The normalized spacial score (nSPS) is 24.6. The molecule has 2 unspecified atom stereocenters. The number of nitrogens with two attached hydrogens (primary N) is 1. The maximum Gasteiger partial charge on any atom is 0.0591 e. The smallest absolute Gasteiger partial charge is 0.0591 e. The van der Waals surface area contributed by atoms with Crippen LogP contribution in [0.5, 0.6) is 0 Å². The minimum Gasteiger partial charge on any atom is -0.399 e. The molecule has 0 aromatic heterocycles. The second-order valence-corrected chi connectivity index (χ2v) is 4.59. The predicted octanol–water partition coefficient (Wildman–Crippen LogP) is 2.56. The van der Waals surface area contributed by atoms with Crippen LogP contribution in [0.25, 0.3) is 0 Å². The molecule has 1 saturated carbocycles. The number of ether oxygens (including phenoxy) is 1. The number of methoxy groups -OCH3 is 1.